The van der Waals surface area contributed by atoms with E-state index in [2.05, 4.69) is 34.8 Å². The first-order chi connectivity index (χ1) is 13.1. The molecule has 0 saturated heterocycles. The number of carbonyl (C=O) groups excluding carboxylic acids is 1. The third kappa shape index (κ3) is 5.38. The number of nitrogens with zero attached hydrogens (tertiary/aromatic N) is 1. The van der Waals surface area contributed by atoms with Crippen molar-refractivity contribution in [3.05, 3.63) is 107 Å². The standard InChI is InChI=1S/C24H24N2O/c1-18-13-14-23(19(2)15-18)24(27)26-25-22(16-20-9-5-3-6-10-20)17-21-11-7-4-8-12-21/h3-15H,16-17H2,1-2H3,(H,26,27). The fourth-order valence-corrected chi connectivity index (χ4v) is 3.06. The molecule has 3 heteroatoms. The minimum Gasteiger partial charge on any atom is -0.267 e. The van der Waals surface area contributed by atoms with Gasteiger partial charge in [0.15, 0.2) is 0 Å². The summed E-state index contributed by atoms with van der Waals surface area (Å²) in [5, 5.41) is 4.47. The van der Waals surface area contributed by atoms with Crippen LogP contribution in [0, 0.1) is 13.8 Å². The van der Waals surface area contributed by atoms with Crippen molar-refractivity contribution in [3.8, 4) is 0 Å². The second kappa shape index (κ2) is 8.95. The average molecular weight is 356 g/mol. The molecule has 0 heterocycles. The average Bonchev–Trinajstić information content (AvgIpc) is 2.67. The van der Waals surface area contributed by atoms with Gasteiger partial charge in [-0.05, 0) is 36.6 Å². The van der Waals surface area contributed by atoms with Crippen LogP contribution in [-0.4, -0.2) is 11.6 Å². The Kier molecular flexibility index (Phi) is 6.16. The predicted octanol–water partition coefficient (Wildman–Crippen LogP) is 4.87. The molecule has 0 aromatic heterocycles. The molecule has 3 aromatic rings. The molecule has 0 radical (unpaired) electrons. The summed E-state index contributed by atoms with van der Waals surface area (Å²) in [4.78, 5) is 12.6. The Morgan fingerprint density at radius 1 is 0.815 bits per heavy atom. The first-order valence-electron chi connectivity index (χ1n) is 9.12. The van der Waals surface area contributed by atoms with Gasteiger partial charge in [-0.15, -0.1) is 0 Å². The van der Waals surface area contributed by atoms with Gasteiger partial charge in [0.1, 0.15) is 0 Å². The number of amides is 1. The quantitative estimate of drug-likeness (QED) is 0.497. The van der Waals surface area contributed by atoms with Crippen LogP contribution in [0.4, 0.5) is 0 Å². The largest absolute Gasteiger partial charge is 0.271 e. The Balaban J connectivity index is 1.79. The van der Waals surface area contributed by atoms with E-state index in [1.807, 2.05) is 68.4 Å². The highest BCUT2D eigenvalue weighted by Gasteiger charge is 2.10. The molecular weight excluding hydrogens is 332 g/mol. The molecule has 0 atom stereocenters. The normalized spacial score (nSPS) is 10.3. The highest BCUT2D eigenvalue weighted by atomic mass is 16.2. The number of hydrazone groups is 1. The van der Waals surface area contributed by atoms with Gasteiger partial charge in [-0.2, -0.15) is 5.10 Å². The number of benzene rings is 3. The summed E-state index contributed by atoms with van der Waals surface area (Å²) >= 11 is 0. The first-order valence-corrected chi connectivity index (χ1v) is 9.12. The van der Waals surface area contributed by atoms with E-state index >= 15 is 0 Å². The molecule has 0 bridgehead atoms. The monoisotopic (exact) mass is 356 g/mol. The van der Waals surface area contributed by atoms with Crippen molar-refractivity contribution in [2.75, 3.05) is 0 Å². The first kappa shape index (κ1) is 18.6. The van der Waals surface area contributed by atoms with Gasteiger partial charge >= 0.3 is 0 Å². The van der Waals surface area contributed by atoms with Crippen molar-refractivity contribution >= 4 is 11.6 Å². The minimum atomic E-state index is -0.175. The van der Waals surface area contributed by atoms with Gasteiger partial charge in [-0.25, -0.2) is 5.43 Å². The summed E-state index contributed by atoms with van der Waals surface area (Å²) in [6.45, 7) is 3.96. The zero-order valence-corrected chi connectivity index (χ0v) is 15.8. The zero-order chi connectivity index (χ0) is 19.1. The lowest BCUT2D eigenvalue weighted by Crippen LogP contribution is -2.22. The van der Waals surface area contributed by atoms with Crippen LogP contribution < -0.4 is 5.43 Å². The summed E-state index contributed by atoms with van der Waals surface area (Å²) in [5.41, 5.74) is 8.77. The molecular formula is C24H24N2O. The van der Waals surface area contributed by atoms with Crippen LogP contribution >= 0.6 is 0 Å². The lowest BCUT2D eigenvalue weighted by molar-refractivity contribution is 0.0954. The van der Waals surface area contributed by atoms with Gasteiger partial charge in [-0.1, -0.05) is 78.4 Å². The van der Waals surface area contributed by atoms with Crippen molar-refractivity contribution < 1.29 is 4.79 Å². The maximum absolute atomic E-state index is 12.6. The summed E-state index contributed by atoms with van der Waals surface area (Å²) in [7, 11) is 0. The van der Waals surface area contributed by atoms with E-state index in [9.17, 15) is 4.79 Å². The molecule has 1 amide bonds. The molecule has 1 N–H and O–H groups in total. The SMILES string of the molecule is Cc1ccc(C(=O)NN=C(Cc2ccccc2)Cc2ccccc2)c(C)c1. The van der Waals surface area contributed by atoms with E-state index in [0.717, 1.165) is 16.8 Å². The summed E-state index contributed by atoms with van der Waals surface area (Å²) < 4.78 is 0. The molecule has 136 valence electrons. The molecule has 0 aliphatic carbocycles. The van der Waals surface area contributed by atoms with Crippen LogP contribution in [0.5, 0.6) is 0 Å². The molecule has 0 spiro atoms. The topological polar surface area (TPSA) is 41.5 Å². The molecule has 3 nitrogen and oxygen atoms in total. The highest BCUT2D eigenvalue weighted by molar-refractivity contribution is 5.97. The fourth-order valence-electron chi connectivity index (χ4n) is 3.06. The van der Waals surface area contributed by atoms with Gasteiger partial charge in [0, 0.05) is 24.1 Å². The van der Waals surface area contributed by atoms with Crippen molar-refractivity contribution in [2.24, 2.45) is 5.10 Å². The number of nitrogens with one attached hydrogen (secondary N) is 1. The summed E-state index contributed by atoms with van der Waals surface area (Å²) in [6.07, 6.45) is 1.39. The second-order valence-electron chi connectivity index (χ2n) is 6.76. The van der Waals surface area contributed by atoms with Gasteiger partial charge in [-0.3, -0.25) is 4.79 Å². The van der Waals surface area contributed by atoms with E-state index in [0.29, 0.717) is 18.4 Å². The molecule has 0 unspecified atom stereocenters. The Hall–Kier alpha value is -3.20. The molecule has 3 rings (SSSR count). The second-order valence-corrected chi connectivity index (χ2v) is 6.76. The number of hydrogen-bond acceptors (Lipinski definition) is 2. The Labute approximate surface area is 160 Å². The molecule has 0 saturated carbocycles. The maximum Gasteiger partial charge on any atom is 0.271 e. The van der Waals surface area contributed by atoms with E-state index in [-0.39, 0.29) is 5.91 Å². The van der Waals surface area contributed by atoms with Crippen LogP contribution in [0.1, 0.15) is 32.6 Å². The van der Waals surface area contributed by atoms with Gasteiger partial charge in [0.25, 0.3) is 5.91 Å². The molecule has 0 fully saturated rings. The minimum absolute atomic E-state index is 0.175. The van der Waals surface area contributed by atoms with Crippen LogP contribution in [-0.2, 0) is 12.8 Å². The lowest BCUT2D eigenvalue weighted by Gasteiger charge is -2.09. The zero-order valence-electron chi connectivity index (χ0n) is 15.8. The predicted molar refractivity (Wildman–Crippen MR) is 111 cm³/mol. The molecule has 0 aliphatic heterocycles. The molecule has 3 aromatic carbocycles. The Morgan fingerprint density at radius 3 is 1.89 bits per heavy atom. The van der Waals surface area contributed by atoms with Crippen LogP contribution in [0.2, 0.25) is 0 Å². The van der Waals surface area contributed by atoms with E-state index in [1.165, 1.54) is 11.1 Å². The van der Waals surface area contributed by atoms with Gasteiger partial charge in [0.2, 0.25) is 0 Å². The number of hydrogen-bond donors (Lipinski definition) is 1. The van der Waals surface area contributed by atoms with Crippen LogP contribution in [0.3, 0.4) is 0 Å². The van der Waals surface area contributed by atoms with Crippen molar-refractivity contribution in [1.29, 1.82) is 0 Å². The number of carbonyl (C=O) groups is 1. The Morgan fingerprint density at radius 2 is 1.37 bits per heavy atom. The van der Waals surface area contributed by atoms with E-state index < -0.39 is 0 Å². The van der Waals surface area contributed by atoms with E-state index in [1.54, 1.807) is 0 Å². The Bertz CT molecular complexity index is 888. The molecule has 27 heavy (non-hydrogen) atoms. The smallest absolute Gasteiger partial charge is 0.267 e. The van der Waals surface area contributed by atoms with Gasteiger partial charge in [0.05, 0.1) is 0 Å². The number of aryl methyl sites for hydroxylation is 2. The van der Waals surface area contributed by atoms with Crippen LogP contribution in [0.15, 0.2) is 84.0 Å². The number of rotatable bonds is 6. The third-order valence-electron chi connectivity index (χ3n) is 4.44. The summed E-state index contributed by atoms with van der Waals surface area (Å²) in [6, 6.07) is 26.2. The fraction of sp³-hybridized carbons (Fsp3) is 0.167. The van der Waals surface area contributed by atoms with Crippen molar-refractivity contribution in [1.82, 2.24) is 5.43 Å². The highest BCUT2D eigenvalue weighted by Crippen LogP contribution is 2.11. The van der Waals surface area contributed by atoms with Gasteiger partial charge < -0.3 is 0 Å². The molecule has 0 aliphatic rings. The van der Waals surface area contributed by atoms with E-state index in [4.69, 9.17) is 0 Å². The third-order valence-corrected chi connectivity index (χ3v) is 4.44. The van der Waals surface area contributed by atoms with Crippen molar-refractivity contribution in [3.63, 3.8) is 0 Å². The summed E-state index contributed by atoms with van der Waals surface area (Å²) in [5.74, 6) is -0.175. The maximum atomic E-state index is 12.6. The van der Waals surface area contributed by atoms with Crippen LogP contribution in [0.25, 0.3) is 0 Å². The van der Waals surface area contributed by atoms with Crippen molar-refractivity contribution in [2.45, 2.75) is 26.7 Å². The lowest BCUT2D eigenvalue weighted by atomic mass is 10.0.